The normalized spacial score (nSPS) is 11.1. The molecule has 18 heavy (non-hydrogen) atoms. The first-order valence-corrected chi connectivity index (χ1v) is 6.81. The van der Waals surface area contributed by atoms with Crippen LogP contribution in [0.3, 0.4) is 0 Å². The highest BCUT2D eigenvalue weighted by atomic mass is 79.9. The molecule has 0 saturated heterocycles. The molecule has 0 fully saturated rings. The Balaban J connectivity index is 1.99. The van der Waals surface area contributed by atoms with Gasteiger partial charge in [0, 0.05) is 22.9 Å². The Bertz CT molecular complexity index is 490. The third-order valence-corrected chi connectivity index (χ3v) is 2.94. The monoisotopic (exact) mass is 308 g/mol. The van der Waals surface area contributed by atoms with Crippen molar-refractivity contribution in [3.63, 3.8) is 0 Å². The standard InChI is InChI=1S/C13H17BrN4/c1-9(2)5-15-7-11-8-17-13(18-11)12-4-3-10(14)6-16-12/h3-4,6,8-9,15H,5,7H2,1-2H3,(H,17,18). The van der Waals surface area contributed by atoms with Crippen molar-refractivity contribution in [2.24, 2.45) is 5.92 Å². The number of imidazole rings is 1. The van der Waals surface area contributed by atoms with Gasteiger partial charge in [-0.2, -0.15) is 0 Å². The highest BCUT2D eigenvalue weighted by Gasteiger charge is 2.04. The van der Waals surface area contributed by atoms with Crippen molar-refractivity contribution in [3.05, 3.63) is 34.7 Å². The molecule has 0 atom stereocenters. The minimum absolute atomic E-state index is 0.653. The lowest BCUT2D eigenvalue weighted by molar-refractivity contribution is 0.549. The van der Waals surface area contributed by atoms with Gasteiger partial charge in [0.25, 0.3) is 0 Å². The number of halogens is 1. The molecule has 5 heteroatoms. The lowest BCUT2D eigenvalue weighted by Crippen LogP contribution is -2.19. The van der Waals surface area contributed by atoms with Crippen LogP contribution in [-0.2, 0) is 6.54 Å². The molecule has 0 saturated carbocycles. The van der Waals surface area contributed by atoms with Crippen LogP contribution in [0.25, 0.3) is 11.5 Å². The molecular formula is C13H17BrN4. The maximum atomic E-state index is 4.34. The summed E-state index contributed by atoms with van der Waals surface area (Å²) in [4.78, 5) is 11.9. The fourth-order valence-corrected chi connectivity index (χ4v) is 1.83. The van der Waals surface area contributed by atoms with Crippen LogP contribution in [0.1, 0.15) is 19.5 Å². The zero-order chi connectivity index (χ0) is 13.0. The molecule has 96 valence electrons. The molecule has 2 rings (SSSR count). The van der Waals surface area contributed by atoms with Gasteiger partial charge >= 0.3 is 0 Å². The number of aromatic nitrogens is 3. The summed E-state index contributed by atoms with van der Waals surface area (Å²) in [7, 11) is 0. The molecule has 0 aliphatic carbocycles. The number of pyridine rings is 1. The van der Waals surface area contributed by atoms with Gasteiger partial charge in [-0.15, -0.1) is 0 Å². The summed E-state index contributed by atoms with van der Waals surface area (Å²) >= 11 is 3.37. The lowest BCUT2D eigenvalue weighted by atomic mass is 10.2. The van der Waals surface area contributed by atoms with E-state index in [1.807, 2.05) is 18.3 Å². The quantitative estimate of drug-likeness (QED) is 0.893. The molecule has 2 aromatic rings. The van der Waals surface area contributed by atoms with Crippen molar-refractivity contribution in [1.29, 1.82) is 0 Å². The van der Waals surface area contributed by atoms with Crippen LogP contribution < -0.4 is 5.32 Å². The van der Waals surface area contributed by atoms with Crippen LogP contribution in [0.15, 0.2) is 29.0 Å². The predicted octanol–water partition coefficient (Wildman–Crippen LogP) is 2.98. The molecule has 2 N–H and O–H groups in total. The SMILES string of the molecule is CC(C)CNCc1cnc(-c2ccc(Br)cn2)[nH]1. The second kappa shape index (κ2) is 6.11. The Morgan fingerprint density at radius 2 is 2.11 bits per heavy atom. The molecule has 0 spiro atoms. The third-order valence-electron chi connectivity index (χ3n) is 2.47. The summed E-state index contributed by atoms with van der Waals surface area (Å²) in [6.07, 6.45) is 3.63. The zero-order valence-electron chi connectivity index (χ0n) is 10.6. The molecule has 0 bridgehead atoms. The Labute approximate surface area is 115 Å². The smallest absolute Gasteiger partial charge is 0.156 e. The molecule has 0 aromatic carbocycles. The number of hydrogen-bond acceptors (Lipinski definition) is 3. The largest absolute Gasteiger partial charge is 0.339 e. The summed E-state index contributed by atoms with van der Waals surface area (Å²) in [5, 5.41) is 3.38. The number of aromatic amines is 1. The van der Waals surface area contributed by atoms with E-state index in [0.29, 0.717) is 5.92 Å². The molecule has 2 aromatic heterocycles. The number of H-pyrrole nitrogens is 1. The maximum Gasteiger partial charge on any atom is 0.156 e. The molecule has 0 aliphatic rings. The summed E-state index contributed by atoms with van der Waals surface area (Å²) in [5.41, 5.74) is 1.93. The van der Waals surface area contributed by atoms with Crippen LogP contribution in [0.2, 0.25) is 0 Å². The lowest BCUT2D eigenvalue weighted by Gasteiger charge is -2.05. The average molecular weight is 309 g/mol. The molecule has 0 unspecified atom stereocenters. The van der Waals surface area contributed by atoms with Gasteiger partial charge in [-0.1, -0.05) is 13.8 Å². The van der Waals surface area contributed by atoms with Crippen molar-refractivity contribution < 1.29 is 0 Å². The van der Waals surface area contributed by atoms with Crippen molar-refractivity contribution in [2.45, 2.75) is 20.4 Å². The Morgan fingerprint density at radius 1 is 1.28 bits per heavy atom. The summed E-state index contributed by atoms with van der Waals surface area (Å²) in [6.45, 7) is 6.20. The van der Waals surface area contributed by atoms with Crippen LogP contribution in [0, 0.1) is 5.92 Å². The van der Waals surface area contributed by atoms with Gasteiger partial charge in [0.1, 0.15) is 5.69 Å². The summed E-state index contributed by atoms with van der Waals surface area (Å²) in [6, 6.07) is 3.90. The van der Waals surface area contributed by atoms with E-state index in [1.165, 1.54) is 0 Å². The van der Waals surface area contributed by atoms with Crippen LogP contribution in [0.5, 0.6) is 0 Å². The zero-order valence-corrected chi connectivity index (χ0v) is 12.2. The first-order valence-electron chi connectivity index (χ1n) is 6.01. The summed E-state index contributed by atoms with van der Waals surface area (Å²) < 4.78 is 0.969. The van der Waals surface area contributed by atoms with E-state index < -0.39 is 0 Å². The topological polar surface area (TPSA) is 53.6 Å². The van der Waals surface area contributed by atoms with E-state index in [0.717, 1.165) is 34.8 Å². The molecule has 0 aliphatic heterocycles. The average Bonchev–Trinajstić information content (AvgIpc) is 2.78. The second-order valence-corrected chi connectivity index (χ2v) is 5.56. The van der Waals surface area contributed by atoms with Gasteiger partial charge in [0.15, 0.2) is 5.82 Å². The van der Waals surface area contributed by atoms with Crippen molar-refractivity contribution in [3.8, 4) is 11.5 Å². The fraction of sp³-hybridized carbons (Fsp3) is 0.385. The Hall–Kier alpha value is -1.20. The van der Waals surface area contributed by atoms with Gasteiger partial charge < -0.3 is 10.3 Å². The van der Waals surface area contributed by atoms with Gasteiger partial charge in [0.2, 0.25) is 0 Å². The molecule has 0 radical (unpaired) electrons. The second-order valence-electron chi connectivity index (χ2n) is 4.64. The van der Waals surface area contributed by atoms with Crippen molar-refractivity contribution >= 4 is 15.9 Å². The number of nitrogens with one attached hydrogen (secondary N) is 2. The van der Waals surface area contributed by atoms with Gasteiger partial charge in [-0.3, -0.25) is 4.98 Å². The van der Waals surface area contributed by atoms with Crippen molar-refractivity contribution in [2.75, 3.05) is 6.54 Å². The number of nitrogens with zero attached hydrogens (tertiary/aromatic N) is 2. The van der Waals surface area contributed by atoms with E-state index in [4.69, 9.17) is 0 Å². The maximum absolute atomic E-state index is 4.34. The molecule has 2 heterocycles. The first kappa shape index (κ1) is 13.2. The predicted molar refractivity (Wildman–Crippen MR) is 76.1 cm³/mol. The third kappa shape index (κ3) is 3.65. The van der Waals surface area contributed by atoms with E-state index in [1.54, 1.807) is 6.20 Å². The Morgan fingerprint density at radius 3 is 2.78 bits per heavy atom. The van der Waals surface area contributed by atoms with Gasteiger partial charge in [-0.05, 0) is 40.5 Å². The molecular weight excluding hydrogens is 292 g/mol. The van der Waals surface area contributed by atoms with Crippen LogP contribution in [-0.4, -0.2) is 21.5 Å². The first-order chi connectivity index (χ1) is 8.65. The Kier molecular flexibility index (Phi) is 4.49. The van der Waals surface area contributed by atoms with Crippen LogP contribution in [0.4, 0.5) is 0 Å². The molecule has 0 amide bonds. The van der Waals surface area contributed by atoms with Gasteiger partial charge in [-0.25, -0.2) is 4.98 Å². The van der Waals surface area contributed by atoms with E-state index in [-0.39, 0.29) is 0 Å². The fourth-order valence-electron chi connectivity index (χ4n) is 1.59. The minimum Gasteiger partial charge on any atom is -0.339 e. The highest BCUT2D eigenvalue weighted by Crippen LogP contribution is 2.15. The van der Waals surface area contributed by atoms with E-state index >= 15 is 0 Å². The summed E-state index contributed by atoms with van der Waals surface area (Å²) in [5.74, 6) is 1.46. The number of rotatable bonds is 5. The number of hydrogen-bond donors (Lipinski definition) is 2. The van der Waals surface area contributed by atoms with Crippen molar-refractivity contribution in [1.82, 2.24) is 20.3 Å². The van der Waals surface area contributed by atoms with Gasteiger partial charge in [0.05, 0.1) is 6.20 Å². The highest BCUT2D eigenvalue weighted by molar-refractivity contribution is 9.10. The van der Waals surface area contributed by atoms with Crippen LogP contribution >= 0.6 is 15.9 Å². The van der Waals surface area contributed by atoms with E-state index in [9.17, 15) is 0 Å². The van der Waals surface area contributed by atoms with E-state index in [2.05, 4.69) is 50.0 Å². The molecule has 4 nitrogen and oxygen atoms in total. The minimum atomic E-state index is 0.653.